The Balaban J connectivity index is 1.68. The van der Waals surface area contributed by atoms with E-state index in [2.05, 4.69) is 5.32 Å². The first-order chi connectivity index (χ1) is 14.1. The highest BCUT2D eigenvalue weighted by molar-refractivity contribution is 5.99. The first kappa shape index (κ1) is 19.9. The van der Waals surface area contributed by atoms with Gasteiger partial charge in [0.25, 0.3) is 5.91 Å². The van der Waals surface area contributed by atoms with E-state index in [-0.39, 0.29) is 11.3 Å². The number of benzene rings is 3. The van der Waals surface area contributed by atoms with E-state index < -0.39 is 18.5 Å². The summed E-state index contributed by atoms with van der Waals surface area (Å²) in [6, 6.07) is 22.0. The molecule has 1 amide bonds. The van der Waals surface area contributed by atoms with Crippen molar-refractivity contribution in [3.8, 4) is 22.6 Å². The monoisotopic (exact) mass is 391 g/mol. The van der Waals surface area contributed by atoms with Crippen LogP contribution in [0.5, 0.6) is 11.5 Å². The Morgan fingerprint density at radius 3 is 2.28 bits per heavy atom. The molecule has 0 aliphatic carbocycles. The molecule has 0 heterocycles. The number of carbonyl (C=O) groups is 2. The molecule has 6 nitrogen and oxygen atoms in total. The van der Waals surface area contributed by atoms with Crippen molar-refractivity contribution in [2.24, 2.45) is 0 Å². The SMILES string of the molecule is COc1cccc(C(=O)OCC(=O)Nc2ccccc2-c2ccccc2)c1OC. The number of rotatable bonds is 7. The molecular formula is C23H21NO5. The van der Waals surface area contributed by atoms with Crippen LogP contribution in [0.4, 0.5) is 5.69 Å². The molecule has 29 heavy (non-hydrogen) atoms. The lowest BCUT2D eigenvalue weighted by molar-refractivity contribution is -0.119. The first-order valence-corrected chi connectivity index (χ1v) is 8.96. The van der Waals surface area contributed by atoms with Crippen LogP contribution in [0.15, 0.2) is 72.8 Å². The summed E-state index contributed by atoms with van der Waals surface area (Å²) in [7, 11) is 2.91. The predicted octanol–water partition coefficient (Wildman–Crippen LogP) is 4.17. The second kappa shape index (κ2) is 9.41. The van der Waals surface area contributed by atoms with Crippen molar-refractivity contribution in [1.82, 2.24) is 0 Å². The Kier molecular flexibility index (Phi) is 6.47. The maximum atomic E-state index is 12.4. The molecule has 0 fully saturated rings. The molecule has 3 aromatic carbocycles. The zero-order chi connectivity index (χ0) is 20.6. The van der Waals surface area contributed by atoms with Crippen molar-refractivity contribution >= 4 is 17.6 Å². The van der Waals surface area contributed by atoms with E-state index in [4.69, 9.17) is 14.2 Å². The molecule has 3 rings (SSSR count). The van der Waals surface area contributed by atoms with Crippen molar-refractivity contribution in [3.63, 3.8) is 0 Å². The van der Waals surface area contributed by atoms with Crippen molar-refractivity contribution in [2.45, 2.75) is 0 Å². The van der Waals surface area contributed by atoms with E-state index in [0.29, 0.717) is 11.4 Å². The summed E-state index contributed by atoms with van der Waals surface area (Å²) in [6.07, 6.45) is 0. The highest BCUT2D eigenvalue weighted by Gasteiger charge is 2.19. The summed E-state index contributed by atoms with van der Waals surface area (Å²) >= 11 is 0. The van der Waals surface area contributed by atoms with Crippen LogP contribution in [0.3, 0.4) is 0 Å². The van der Waals surface area contributed by atoms with Crippen LogP contribution >= 0.6 is 0 Å². The number of para-hydroxylation sites is 2. The Bertz CT molecular complexity index is 1000. The van der Waals surface area contributed by atoms with Crippen LogP contribution in [0.25, 0.3) is 11.1 Å². The van der Waals surface area contributed by atoms with E-state index >= 15 is 0 Å². The van der Waals surface area contributed by atoms with Crippen molar-refractivity contribution < 1.29 is 23.8 Å². The average Bonchev–Trinajstić information content (AvgIpc) is 2.77. The molecule has 1 N–H and O–H groups in total. The number of esters is 1. The van der Waals surface area contributed by atoms with Gasteiger partial charge in [0.2, 0.25) is 0 Å². The van der Waals surface area contributed by atoms with Crippen LogP contribution in [0, 0.1) is 0 Å². The molecule has 0 aromatic heterocycles. The minimum absolute atomic E-state index is 0.185. The lowest BCUT2D eigenvalue weighted by atomic mass is 10.0. The van der Waals surface area contributed by atoms with Gasteiger partial charge < -0.3 is 19.5 Å². The van der Waals surface area contributed by atoms with E-state index in [0.717, 1.165) is 11.1 Å². The Morgan fingerprint density at radius 2 is 1.55 bits per heavy atom. The largest absolute Gasteiger partial charge is 0.493 e. The molecule has 0 atom stereocenters. The smallest absolute Gasteiger partial charge is 0.342 e. The first-order valence-electron chi connectivity index (χ1n) is 8.96. The molecule has 148 valence electrons. The minimum atomic E-state index is -0.674. The van der Waals surface area contributed by atoms with E-state index in [9.17, 15) is 9.59 Å². The topological polar surface area (TPSA) is 73.9 Å². The fourth-order valence-electron chi connectivity index (χ4n) is 2.90. The third-order valence-corrected chi connectivity index (χ3v) is 4.24. The van der Waals surface area contributed by atoms with Crippen LogP contribution in [0.2, 0.25) is 0 Å². The van der Waals surface area contributed by atoms with Gasteiger partial charge in [-0.3, -0.25) is 4.79 Å². The number of nitrogens with one attached hydrogen (secondary N) is 1. The Morgan fingerprint density at radius 1 is 0.828 bits per heavy atom. The van der Waals surface area contributed by atoms with Crippen LogP contribution in [-0.2, 0) is 9.53 Å². The second-order valence-electron chi connectivity index (χ2n) is 6.08. The van der Waals surface area contributed by atoms with E-state index in [1.807, 2.05) is 48.5 Å². The molecule has 0 radical (unpaired) electrons. The number of carbonyl (C=O) groups excluding carboxylic acids is 2. The maximum absolute atomic E-state index is 12.4. The zero-order valence-corrected chi connectivity index (χ0v) is 16.2. The molecular weight excluding hydrogens is 370 g/mol. The van der Waals surface area contributed by atoms with Crippen molar-refractivity contribution in [3.05, 3.63) is 78.4 Å². The van der Waals surface area contributed by atoms with Gasteiger partial charge in [0.1, 0.15) is 5.56 Å². The van der Waals surface area contributed by atoms with E-state index in [1.54, 1.807) is 24.3 Å². The summed E-state index contributed by atoms with van der Waals surface area (Å²) in [5, 5.41) is 2.79. The highest BCUT2D eigenvalue weighted by Crippen LogP contribution is 2.31. The number of hydrogen-bond acceptors (Lipinski definition) is 5. The van der Waals surface area contributed by atoms with Crippen LogP contribution < -0.4 is 14.8 Å². The lowest BCUT2D eigenvalue weighted by Gasteiger charge is -2.13. The predicted molar refractivity (Wildman–Crippen MR) is 110 cm³/mol. The number of methoxy groups -OCH3 is 2. The molecule has 3 aromatic rings. The van der Waals surface area contributed by atoms with Crippen LogP contribution in [0.1, 0.15) is 10.4 Å². The fraction of sp³-hybridized carbons (Fsp3) is 0.130. The Hall–Kier alpha value is -3.80. The van der Waals surface area contributed by atoms with Gasteiger partial charge in [-0.05, 0) is 23.8 Å². The molecule has 6 heteroatoms. The molecule has 0 saturated carbocycles. The molecule has 0 saturated heterocycles. The second-order valence-corrected chi connectivity index (χ2v) is 6.08. The number of ether oxygens (including phenoxy) is 3. The number of hydrogen-bond donors (Lipinski definition) is 1. The van der Waals surface area contributed by atoms with Gasteiger partial charge in [0.15, 0.2) is 18.1 Å². The highest BCUT2D eigenvalue weighted by atomic mass is 16.5. The summed E-state index contributed by atoms with van der Waals surface area (Å²) < 4.78 is 15.6. The van der Waals surface area contributed by atoms with Gasteiger partial charge in [0, 0.05) is 11.3 Å². The third kappa shape index (κ3) is 4.73. The molecule has 0 aliphatic heterocycles. The summed E-state index contributed by atoms with van der Waals surface area (Å²) in [5.74, 6) is -0.450. The minimum Gasteiger partial charge on any atom is -0.493 e. The van der Waals surface area contributed by atoms with Crippen molar-refractivity contribution in [2.75, 3.05) is 26.1 Å². The van der Waals surface area contributed by atoms with E-state index in [1.165, 1.54) is 14.2 Å². The number of amides is 1. The summed E-state index contributed by atoms with van der Waals surface area (Å²) in [5.41, 5.74) is 2.67. The maximum Gasteiger partial charge on any atom is 0.342 e. The van der Waals surface area contributed by atoms with Gasteiger partial charge in [-0.1, -0.05) is 54.6 Å². The van der Waals surface area contributed by atoms with Crippen LogP contribution in [-0.4, -0.2) is 32.7 Å². The summed E-state index contributed by atoms with van der Waals surface area (Å²) in [6.45, 7) is -0.428. The van der Waals surface area contributed by atoms with Gasteiger partial charge in [-0.15, -0.1) is 0 Å². The lowest BCUT2D eigenvalue weighted by Crippen LogP contribution is -2.21. The normalized spacial score (nSPS) is 10.1. The Labute approximate surface area is 169 Å². The van der Waals surface area contributed by atoms with Crippen molar-refractivity contribution in [1.29, 1.82) is 0 Å². The fourth-order valence-corrected chi connectivity index (χ4v) is 2.90. The van der Waals surface area contributed by atoms with Gasteiger partial charge >= 0.3 is 5.97 Å². The standard InChI is InChI=1S/C23H21NO5/c1-27-20-14-8-12-18(22(20)28-2)23(26)29-15-21(25)24-19-13-7-6-11-17(19)16-9-4-3-5-10-16/h3-14H,15H2,1-2H3,(H,24,25). The number of anilines is 1. The quantitative estimate of drug-likeness (QED) is 0.612. The third-order valence-electron chi connectivity index (χ3n) is 4.24. The molecule has 0 bridgehead atoms. The molecule has 0 spiro atoms. The average molecular weight is 391 g/mol. The summed E-state index contributed by atoms with van der Waals surface area (Å²) in [4.78, 5) is 24.8. The van der Waals surface area contributed by atoms with Gasteiger partial charge in [-0.25, -0.2) is 4.79 Å². The zero-order valence-electron chi connectivity index (χ0n) is 16.2. The molecule has 0 aliphatic rings. The van der Waals surface area contributed by atoms with Gasteiger partial charge in [-0.2, -0.15) is 0 Å². The van der Waals surface area contributed by atoms with Gasteiger partial charge in [0.05, 0.1) is 14.2 Å². The molecule has 0 unspecified atom stereocenters.